The maximum atomic E-state index is 12.2. The van der Waals surface area contributed by atoms with Gasteiger partial charge in [0, 0.05) is 28.5 Å². The van der Waals surface area contributed by atoms with Gasteiger partial charge in [0.1, 0.15) is 0 Å². The standard InChI is InChI=1S/C16H18BrN3OS.ClH/c17-13-5-3-11(4-6-13)8-14-10-19-16(22-14)20-15(21)12-2-1-7-18-9-12;/h3-6,10,12,18H,1-2,7-9H2,(H,19,20,21);1H. The zero-order valence-corrected chi connectivity index (χ0v) is 15.8. The number of amides is 1. The smallest absolute Gasteiger partial charge is 0.230 e. The molecule has 2 aromatic rings. The van der Waals surface area contributed by atoms with E-state index in [2.05, 4.69) is 43.7 Å². The molecule has 1 fully saturated rings. The summed E-state index contributed by atoms with van der Waals surface area (Å²) < 4.78 is 1.08. The second-order valence-corrected chi connectivity index (χ2v) is 7.50. The van der Waals surface area contributed by atoms with Gasteiger partial charge >= 0.3 is 0 Å². The molecule has 1 unspecified atom stereocenters. The number of benzene rings is 1. The zero-order valence-electron chi connectivity index (χ0n) is 12.5. The van der Waals surface area contributed by atoms with Gasteiger partial charge in [0.15, 0.2) is 5.13 Å². The highest BCUT2D eigenvalue weighted by molar-refractivity contribution is 9.10. The van der Waals surface area contributed by atoms with Gasteiger partial charge in [-0.3, -0.25) is 4.79 Å². The summed E-state index contributed by atoms with van der Waals surface area (Å²) in [6, 6.07) is 8.26. The van der Waals surface area contributed by atoms with Crippen LogP contribution < -0.4 is 10.6 Å². The van der Waals surface area contributed by atoms with Crippen molar-refractivity contribution in [3.8, 4) is 0 Å². The molecular weight excluding hydrogens is 398 g/mol. The molecule has 0 spiro atoms. The molecule has 2 N–H and O–H groups in total. The molecule has 0 bridgehead atoms. The van der Waals surface area contributed by atoms with Crippen molar-refractivity contribution < 1.29 is 4.79 Å². The first kappa shape index (κ1) is 18.4. The van der Waals surface area contributed by atoms with Crippen LogP contribution in [-0.2, 0) is 11.2 Å². The van der Waals surface area contributed by atoms with Crippen molar-refractivity contribution in [2.45, 2.75) is 19.3 Å². The predicted molar refractivity (Wildman–Crippen MR) is 101 cm³/mol. The van der Waals surface area contributed by atoms with Crippen molar-refractivity contribution in [2.75, 3.05) is 18.4 Å². The number of nitrogens with zero attached hydrogens (tertiary/aromatic N) is 1. The second-order valence-electron chi connectivity index (χ2n) is 5.47. The second kappa shape index (κ2) is 8.78. The minimum atomic E-state index is 0. The first-order valence-corrected chi connectivity index (χ1v) is 9.02. The average Bonchev–Trinajstić information content (AvgIpc) is 2.97. The average molecular weight is 417 g/mol. The molecule has 1 aromatic heterocycles. The van der Waals surface area contributed by atoms with Crippen LogP contribution in [0.3, 0.4) is 0 Å². The van der Waals surface area contributed by atoms with Gasteiger partial charge in [0.25, 0.3) is 0 Å². The van der Waals surface area contributed by atoms with Crippen LogP contribution in [0.15, 0.2) is 34.9 Å². The molecule has 7 heteroatoms. The molecule has 2 heterocycles. The van der Waals surface area contributed by atoms with Crippen LogP contribution in [0.5, 0.6) is 0 Å². The Balaban J connectivity index is 0.00000192. The summed E-state index contributed by atoms with van der Waals surface area (Å²) in [4.78, 5) is 17.7. The lowest BCUT2D eigenvalue weighted by molar-refractivity contribution is -0.120. The maximum Gasteiger partial charge on any atom is 0.230 e. The number of halogens is 2. The van der Waals surface area contributed by atoms with E-state index in [1.807, 2.05) is 18.3 Å². The van der Waals surface area contributed by atoms with Crippen LogP contribution in [0.4, 0.5) is 5.13 Å². The van der Waals surface area contributed by atoms with Crippen molar-refractivity contribution in [3.63, 3.8) is 0 Å². The number of carbonyl (C=O) groups excluding carboxylic acids is 1. The minimum Gasteiger partial charge on any atom is -0.316 e. The number of rotatable bonds is 4. The van der Waals surface area contributed by atoms with Gasteiger partial charge in [-0.2, -0.15) is 0 Å². The highest BCUT2D eigenvalue weighted by atomic mass is 79.9. The fourth-order valence-electron chi connectivity index (χ4n) is 2.53. The van der Waals surface area contributed by atoms with Gasteiger partial charge in [-0.1, -0.05) is 28.1 Å². The predicted octanol–water partition coefficient (Wildman–Crippen LogP) is 3.86. The maximum absolute atomic E-state index is 12.2. The van der Waals surface area contributed by atoms with E-state index < -0.39 is 0 Å². The number of hydrogen-bond acceptors (Lipinski definition) is 4. The van der Waals surface area contributed by atoms with Crippen molar-refractivity contribution in [2.24, 2.45) is 5.92 Å². The van der Waals surface area contributed by atoms with Crippen LogP contribution >= 0.6 is 39.7 Å². The van der Waals surface area contributed by atoms with Gasteiger partial charge in [-0.05, 0) is 37.1 Å². The molecule has 3 rings (SSSR count). The Bertz CT molecular complexity index is 641. The van der Waals surface area contributed by atoms with E-state index in [9.17, 15) is 4.79 Å². The monoisotopic (exact) mass is 415 g/mol. The Morgan fingerprint density at radius 1 is 1.39 bits per heavy atom. The number of nitrogens with one attached hydrogen (secondary N) is 2. The summed E-state index contributed by atoms with van der Waals surface area (Å²) in [7, 11) is 0. The van der Waals surface area contributed by atoms with E-state index in [4.69, 9.17) is 0 Å². The lowest BCUT2D eigenvalue weighted by Crippen LogP contribution is -2.37. The van der Waals surface area contributed by atoms with Crippen LogP contribution in [0.25, 0.3) is 0 Å². The third-order valence-electron chi connectivity index (χ3n) is 3.74. The molecule has 1 amide bonds. The number of aromatic nitrogens is 1. The van der Waals surface area contributed by atoms with Crippen molar-refractivity contribution in [3.05, 3.63) is 45.4 Å². The molecule has 124 valence electrons. The van der Waals surface area contributed by atoms with Gasteiger partial charge in [-0.25, -0.2) is 4.98 Å². The first-order valence-electron chi connectivity index (χ1n) is 7.41. The van der Waals surface area contributed by atoms with E-state index in [0.717, 1.165) is 41.7 Å². The molecular formula is C16H19BrClN3OS. The summed E-state index contributed by atoms with van der Waals surface area (Å²) in [6.07, 6.45) is 4.70. The van der Waals surface area contributed by atoms with Crippen molar-refractivity contribution in [1.82, 2.24) is 10.3 Å². The zero-order chi connectivity index (χ0) is 15.4. The van der Waals surface area contributed by atoms with E-state index in [-0.39, 0.29) is 24.2 Å². The largest absolute Gasteiger partial charge is 0.316 e. The van der Waals surface area contributed by atoms with Gasteiger partial charge in [0.2, 0.25) is 5.91 Å². The van der Waals surface area contributed by atoms with E-state index in [1.165, 1.54) is 5.56 Å². The van der Waals surface area contributed by atoms with Crippen molar-refractivity contribution in [1.29, 1.82) is 0 Å². The topological polar surface area (TPSA) is 54.0 Å². The van der Waals surface area contributed by atoms with Crippen LogP contribution in [0, 0.1) is 5.92 Å². The summed E-state index contributed by atoms with van der Waals surface area (Å²) >= 11 is 4.99. The minimum absolute atomic E-state index is 0. The van der Waals surface area contributed by atoms with E-state index in [0.29, 0.717) is 5.13 Å². The molecule has 0 saturated carbocycles. The molecule has 23 heavy (non-hydrogen) atoms. The van der Waals surface area contributed by atoms with E-state index in [1.54, 1.807) is 11.3 Å². The Kier molecular flexibility index (Phi) is 7.02. The lowest BCUT2D eigenvalue weighted by atomic mass is 9.99. The van der Waals surface area contributed by atoms with Crippen LogP contribution in [-0.4, -0.2) is 24.0 Å². The molecule has 1 aromatic carbocycles. The number of piperidine rings is 1. The van der Waals surface area contributed by atoms with Crippen LogP contribution in [0.1, 0.15) is 23.3 Å². The normalized spacial score (nSPS) is 17.3. The van der Waals surface area contributed by atoms with Crippen molar-refractivity contribution >= 4 is 50.7 Å². The highest BCUT2D eigenvalue weighted by Gasteiger charge is 2.21. The molecule has 1 aliphatic rings. The number of thiazole rings is 1. The Morgan fingerprint density at radius 2 is 2.17 bits per heavy atom. The fourth-order valence-corrected chi connectivity index (χ4v) is 3.65. The third-order valence-corrected chi connectivity index (χ3v) is 5.18. The summed E-state index contributed by atoms with van der Waals surface area (Å²) in [5.74, 6) is 0.143. The van der Waals surface area contributed by atoms with Gasteiger partial charge in [0.05, 0.1) is 5.92 Å². The summed E-state index contributed by atoms with van der Waals surface area (Å²) in [5, 5.41) is 6.91. The lowest BCUT2D eigenvalue weighted by Gasteiger charge is -2.21. The molecule has 0 aliphatic carbocycles. The summed E-state index contributed by atoms with van der Waals surface area (Å²) in [5.41, 5.74) is 1.24. The summed E-state index contributed by atoms with van der Waals surface area (Å²) in [6.45, 7) is 1.78. The first-order chi connectivity index (χ1) is 10.7. The molecule has 1 aliphatic heterocycles. The molecule has 1 atom stereocenters. The third kappa shape index (κ3) is 5.28. The Hall–Kier alpha value is -0.950. The molecule has 1 saturated heterocycles. The molecule has 4 nitrogen and oxygen atoms in total. The van der Waals surface area contributed by atoms with Crippen LogP contribution in [0.2, 0.25) is 0 Å². The quantitative estimate of drug-likeness (QED) is 0.796. The SMILES string of the molecule is Cl.O=C(Nc1ncc(Cc2ccc(Br)cc2)s1)C1CCCNC1. The number of anilines is 1. The number of hydrogen-bond donors (Lipinski definition) is 2. The number of carbonyl (C=O) groups is 1. The highest BCUT2D eigenvalue weighted by Crippen LogP contribution is 2.23. The van der Waals surface area contributed by atoms with Gasteiger partial charge < -0.3 is 10.6 Å². The Labute approximate surface area is 154 Å². The van der Waals surface area contributed by atoms with Gasteiger partial charge in [-0.15, -0.1) is 23.7 Å². The Morgan fingerprint density at radius 3 is 2.87 bits per heavy atom. The van der Waals surface area contributed by atoms with E-state index >= 15 is 0 Å². The fraction of sp³-hybridized carbons (Fsp3) is 0.375. The molecule has 0 radical (unpaired) electrons.